The van der Waals surface area contributed by atoms with E-state index in [9.17, 15) is 10.2 Å². The average Bonchev–Trinajstić information content (AvgIpc) is 2.30. The third kappa shape index (κ3) is 2.74. The second-order valence-corrected chi connectivity index (χ2v) is 3.77. The van der Waals surface area contributed by atoms with Crippen LogP contribution in [0.2, 0.25) is 0 Å². The van der Waals surface area contributed by atoms with Gasteiger partial charge in [-0.25, -0.2) is 0 Å². The van der Waals surface area contributed by atoms with Crippen LogP contribution in [0.5, 0.6) is 0 Å². The number of aliphatic hydroxyl groups is 2. The normalized spacial score (nSPS) is 14.8. The van der Waals surface area contributed by atoms with Gasteiger partial charge in [-0.05, 0) is 6.92 Å². The number of thiazole rings is 1. The Morgan fingerprint density at radius 2 is 1.92 bits per heavy atom. The SMILES string of the molecule is Cc1c(C(C)O)sc[n+]1C(C)O.[Br-]. The Kier molecular flexibility index (Phi) is 5.06. The van der Waals surface area contributed by atoms with E-state index in [2.05, 4.69) is 0 Å². The maximum absolute atomic E-state index is 9.32. The maximum Gasteiger partial charge on any atom is 0.258 e. The molecule has 0 saturated heterocycles. The van der Waals surface area contributed by atoms with Gasteiger partial charge < -0.3 is 27.2 Å². The molecule has 1 aromatic heterocycles. The van der Waals surface area contributed by atoms with Gasteiger partial charge in [0.2, 0.25) is 5.51 Å². The Morgan fingerprint density at radius 3 is 2.15 bits per heavy atom. The largest absolute Gasteiger partial charge is 1.00 e. The van der Waals surface area contributed by atoms with Crippen molar-refractivity contribution in [1.29, 1.82) is 0 Å². The molecule has 0 radical (unpaired) electrons. The van der Waals surface area contributed by atoms with E-state index in [-0.39, 0.29) is 17.0 Å². The minimum absolute atomic E-state index is 0. The van der Waals surface area contributed by atoms with Crippen LogP contribution in [0.25, 0.3) is 0 Å². The van der Waals surface area contributed by atoms with Crippen molar-refractivity contribution in [1.82, 2.24) is 0 Å². The van der Waals surface area contributed by atoms with Crippen molar-refractivity contribution in [2.24, 2.45) is 0 Å². The fourth-order valence-corrected chi connectivity index (χ4v) is 2.21. The fraction of sp³-hybridized carbons (Fsp3) is 0.625. The summed E-state index contributed by atoms with van der Waals surface area (Å²) < 4.78 is 1.74. The summed E-state index contributed by atoms with van der Waals surface area (Å²) in [7, 11) is 0. The lowest BCUT2D eigenvalue weighted by Gasteiger charge is -2.00. The predicted molar refractivity (Wildman–Crippen MR) is 46.8 cm³/mol. The van der Waals surface area contributed by atoms with Crippen LogP contribution in [0.1, 0.15) is 36.8 Å². The number of halogens is 1. The number of hydrogen-bond donors (Lipinski definition) is 2. The standard InChI is InChI=1S/C8H14NO2S.BrH/c1-5-8(6(2)10)12-4-9(5)7(3)11;/h4,6-7,10-11H,1-3H3;1H/q+1;/p-1. The van der Waals surface area contributed by atoms with E-state index in [0.717, 1.165) is 10.6 Å². The summed E-state index contributed by atoms with van der Waals surface area (Å²) in [5, 5.41) is 18.6. The third-order valence-corrected chi connectivity index (χ3v) is 3.04. The van der Waals surface area contributed by atoms with Crippen LogP contribution in [0, 0.1) is 6.92 Å². The Morgan fingerprint density at radius 1 is 1.38 bits per heavy atom. The first-order valence-corrected chi connectivity index (χ1v) is 4.77. The van der Waals surface area contributed by atoms with Crippen molar-refractivity contribution >= 4 is 11.3 Å². The first kappa shape index (κ1) is 13.0. The van der Waals surface area contributed by atoms with Crippen LogP contribution in [0.15, 0.2) is 5.51 Å². The highest BCUT2D eigenvalue weighted by Crippen LogP contribution is 2.20. The molecule has 0 saturated carbocycles. The quantitative estimate of drug-likeness (QED) is 0.604. The summed E-state index contributed by atoms with van der Waals surface area (Å²) in [4.78, 5) is 0.913. The monoisotopic (exact) mass is 267 g/mol. The summed E-state index contributed by atoms with van der Waals surface area (Å²) in [6, 6.07) is 0. The van der Waals surface area contributed by atoms with Crippen molar-refractivity contribution < 1.29 is 31.8 Å². The molecule has 0 fully saturated rings. The molecule has 0 aromatic carbocycles. The lowest BCUT2D eigenvalue weighted by molar-refractivity contribution is -0.757. The molecular weight excluding hydrogens is 254 g/mol. The van der Waals surface area contributed by atoms with Gasteiger partial charge >= 0.3 is 0 Å². The van der Waals surface area contributed by atoms with Crippen LogP contribution in [-0.4, -0.2) is 10.2 Å². The minimum atomic E-state index is -0.520. The molecule has 0 bridgehead atoms. The fourth-order valence-electron chi connectivity index (χ4n) is 1.17. The van der Waals surface area contributed by atoms with Crippen molar-refractivity contribution in [3.8, 4) is 0 Å². The number of nitrogens with zero attached hydrogens (tertiary/aromatic N) is 1. The minimum Gasteiger partial charge on any atom is -1.00 e. The van der Waals surface area contributed by atoms with Crippen molar-refractivity contribution in [2.45, 2.75) is 33.1 Å². The summed E-state index contributed by atoms with van der Waals surface area (Å²) >= 11 is 1.47. The molecule has 13 heavy (non-hydrogen) atoms. The molecule has 2 N–H and O–H groups in total. The highest BCUT2D eigenvalue weighted by molar-refractivity contribution is 7.09. The van der Waals surface area contributed by atoms with Gasteiger partial charge in [-0.1, -0.05) is 11.3 Å². The maximum atomic E-state index is 9.32. The summed E-state index contributed by atoms with van der Waals surface area (Å²) in [6.07, 6.45) is -0.969. The van der Waals surface area contributed by atoms with Gasteiger partial charge in [0.25, 0.3) is 6.23 Å². The Hall–Kier alpha value is 0.0300. The number of hydrogen-bond acceptors (Lipinski definition) is 3. The van der Waals surface area contributed by atoms with Crippen molar-refractivity contribution in [2.75, 3.05) is 0 Å². The molecule has 1 heterocycles. The van der Waals surface area contributed by atoms with Gasteiger partial charge in [-0.2, -0.15) is 4.57 Å². The molecule has 0 aliphatic rings. The molecule has 0 amide bonds. The van der Waals surface area contributed by atoms with E-state index in [0.29, 0.717) is 0 Å². The summed E-state index contributed by atoms with van der Waals surface area (Å²) in [6.45, 7) is 5.32. The van der Waals surface area contributed by atoms with Gasteiger partial charge in [0.05, 0.1) is 6.10 Å². The molecule has 1 aromatic rings. The van der Waals surface area contributed by atoms with Gasteiger partial charge in [-0.3, -0.25) is 0 Å². The Balaban J connectivity index is 0.00000144. The second-order valence-electron chi connectivity index (χ2n) is 2.89. The van der Waals surface area contributed by atoms with E-state index in [1.807, 2.05) is 12.4 Å². The van der Waals surface area contributed by atoms with Gasteiger partial charge in [0.15, 0.2) is 5.69 Å². The van der Waals surface area contributed by atoms with Gasteiger partial charge in [0, 0.05) is 13.8 Å². The Bertz CT molecular complexity index is 248. The van der Waals surface area contributed by atoms with E-state index >= 15 is 0 Å². The molecule has 0 aliphatic heterocycles. The van der Waals surface area contributed by atoms with Crippen LogP contribution in [0.4, 0.5) is 0 Å². The molecule has 5 heteroatoms. The molecule has 2 atom stereocenters. The number of rotatable bonds is 2. The second kappa shape index (κ2) is 5.05. The van der Waals surface area contributed by atoms with Gasteiger partial charge in [0.1, 0.15) is 4.88 Å². The number of aliphatic hydroxyl groups excluding tert-OH is 2. The molecule has 76 valence electrons. The van der Waals surface area contributed by atoms with Crippen LogP contribution >= 0.6 is 11.3 Å². The van der Waals surface area contributed by atoms with Crippen LogP contribution in [-0.2, 0) is 0 Å². The van der Waals surface area contributed by atoms with Crippen molar-refractivity contribution in [3.63, 3.8) is 0 Å². The van der Waals surface area contributed by atoms with E-state index in [1.54, 1.807) is 18.4 Å². The molecule has 0 aliphatic carbocycles. The van der Waals surface area contributed by atoms with Crippen LogP contribution < -0.4 is 21.5 Å². The van der Waals surface area contributed by atoms with E-state index in [1.165, 1.54) is 11.3 Å². The number of aromatic nitrogens is 1. The zero-order valence-corrected chi connectivity index (χ0v) is 10.3. The average molecular weight is 268 g/mol. The summed E-state index contributed by atoms with van der Waals surface area (Å²) in [5.74, 6) is 0. The third-order valence-electron chi connectivity index (χ3n) is 1.82. The van der Waals surface area contributed by atoms with E-state index in [4.69, 9.17) is 0 Å². The smallest absolute Gasteiger partial charge is 0.258 e. The topological polar surface area (TPSA) is 44.3 Å². The molecule has 3 nitrogen and oxygen atoms in total. The highest BCUT2D eigenvalue weighted by atomic mass is 79.9. The zero-order valence-electron chi connectivity index (χ0n) is 7.86. The Labute approximate surface area is 92.4 Å². The highest BCUT2D eigenvalue weighted by Gasteiger charge is 2.21. The van der Waals surface area contributed by atoms with Crippen LogP contribution in [0.3, 0.4) is 0 Å². The predicted octanol–water partition coefficient (Wildman–Crippen LogP) is -2.09. The first-order valence-electron chi connectivity index (χ1n) is 3.89. The molecule has 0 spiro atoms. The van der Waals surface area contributed by atoms with Gasteiger partial charge in [-0.15, -0.1) is 0 Å². The molecular formula is C8H14BrNO2S. The zero-order chi connectivity index (χ0) is 9.30. The van der Waals surface area contributed by atoms with Crippen molar-refractivity contribution in [3.05, 3.63) is 16.1 Å². The summed E-state index contributed by atoms with van der Waals surface area (Å²) in [5.41, 5.74) is 2.76. The van der Waals surface area contributed by atoms with E-state index < -0.39 is 12.3 Å². The first-order chi connectivity index (χ1) is 5.54. The lowest BCUT2D eigenvalue weighted by atomic mass is 10.3. The molecule has 1 rings (SSSR count). The molecule has 2 unspecified atom stereocenters. The lowest BCUT2D eigenvalue weighted by Crippen LogP contribution is -3.00.